The number of nitrogens with zero attached hydrogens (tertiary/aromatic N) is 3. The van der Waals surface area contributed by atoms with Gasteiger partial charge in [0.25, 0.3) is 0 Å². The van der Waals surface area contributed by atoms with Crippen LogP contribution in [0.1, 0.15) is 17.3 Å². The molecule has 4 nitrogen and oxygen atoms in total. The minimum Gasteiger partial charge on any atom is -0.351 e. The molecule has 0 saturated heterocycles. The first-order valence-corrected chi connectivity index (χ1v) is 17.6. The Balaban J connectivity index is 1.35. The second kappa shape index (κ2) is 9.25. The molecule has 7 aromatic carbocycles. The minimum absolute atomic E-state index is 0.216. The van der Waals surface area contributed by atoms with Crippen LogP contribution in [0.5, 0.6) is 0 Å². The van der Waals surface area contributed by atoms with Gasteiger partial charge in [-0.05, 0) is 46.7 Å². The van der Waals surface area contributed by atoms with Crippen LogP contribution in [-0.4, -0.2) is 14.8 Å². The standard InChI is InChI=1S/C44H26N4S/c1-2-13-26(14-3-1)42-45-43(39-30-18-8-11-21-36(30)49-44(39)46-42)48-34-23-22-25-12-4-5-15-27(25)37(34)40-35(48)24-31-28-16-6-9-19-32(28)47-33-20-10-7-17-29(33)38(40)41(31)47/h1-24,42,46H. The van der Waals surface area contributed by atoms with Crippen molar-refractivity contribution in [3.63, 3.8) is 0 Å². The summed E-state index contributed by atoms with van der Waals surface area (Å²) in [4.78, 5) is 5.65. The summed E-state index contributed by atoms with van der Waals surface area (Å²) < 4.78 is 6.22. The van der Waals surface area contributed by atoms with Crippen LogP contribution in [0.25, 0.3) is 80.8 Å². The minimum atomic E-state index is -0.216. The molecule has 0 bridgehead atoms. The van der Waals surface area contributed by atoms with E-state index < -0.39 is 0 Å². The third-order valence-electron chi connectivity index (χ3n) is 10.7. The van der Waals surface area contributed by atoms with Crippen LogP contribution in [0.4, 0.5) is 5.00 Å². The van der Waals surface area contributed by atoms with Gasteiger partial charge in [0.05, 0.1) is 33.1 Å². The third kappa shape index (κ3) is 3.25. The zero-order valence-corrected chi connectivity index (χ0v) is 27.0. The highest BCUT2D eigenvalue weighted by Gasteiger charge is 2.31. The van der Waals surface area contributed by atoms with Crippen LogP contribution in [0.3, 0.4) is 0 Å². The summed E-state index contributed by atoms with van der Waals surface area (Å²) in [6.45, 7) is 0. The molecule has 0 amide bonds. The molecule has 1 aliphatic heterocycles. The molecule has 0 spiro atoms. The number of aromatic nitrogens is 2. The zero-order valence-electron chi connectivity index (χ0n) is 26.2. The van der Waals surface area contributed by atoms with Gasteiger partial charge in [0.15, 0.2) is 0 Å². The van der Waals surface area contributed by atoms with E-state index in [0.717, 1.165) is 16.4 Å². The van der Waals surface area contributed by atoms with Crippen LogP contribution in [0.2, 0.25) is 0 Å². The highest BCUT2D eigenvalue weighted by atomic mass is 32.1. The largest absolute Gasteiger partial charge is 0.351 e. The van der Waals surface area contributed by atoms with E-state index in [1.807, 2.05) is 11.3 Å². The topological polar surface area (TPSA) is 33.7 Å². The van der Waals surface area contributed by atoms with E-state index in [-0.39, 0.29) is 6.17 Å². The average molecular weight is 643 g/mol. The first kappa shape index (κ1) is 25.9. The van der Waals surface area contributed by atoms with Gasteiger partial charge < -0.3 is 9.72 Å². The van der Waals surface area contributed by atoms with Gasteiger partial charge in [-0.3, -0.25) is 4.57 Å². The zero-order chi connectivity index (χ0) is 31.8. The monoisotopic (exact) mass is 642 g/mol. The lowest BCUT2D eigenvalue weighted by Crippen LogP contribution is -2.23. The number of fused-ring (bicyclic) bond motifs is 15. The molecule has 0 fully saturated rings. The number of thiophene rings is 1. The molecule has 0 aliphatic carbocycles. The molecule has 11 aromatic rings. The summed E-state index contributed by atoms with van der Waals surface area (Å²) in [5.41, 5.74) is 8.44. The van der Waals surface area contributed by atoms with E-state index in [2.05, 4.69) is 160 Å². The number of rotatable bonds is 1. The van der Waals surface area contributed by atoms with Crippen molar-refractivity contribution in [3.05, 3.63) is 157 Å². The molecule has 12 rings (SSSR count). The van der Waals surface area contributed by atoms with E-state index in [9.17, 15) is 0 Å². The Morgan fingerprint density at radius 3 is 2.08 bits per heavy atom. The van der Waals surface area contributed by atoms with Crippen molar-refractivity contribution in [2.45, 2.75) is 6.17 Å². The van der Waals surface area contributed by atoms with Crippen molar-refractivity contribution >= 4 is 103 Å². The van der Waals surface area contributed by atoms with Gasteiger partial charge in [-0.15, -0.1) is 11.3 Å². The van der Waals surface area contributed by atoms with E-state index in [1.54, 1.807) is 0 Å². The summed E-state index contributed by atoms with van der Waals surface area (Å²) in [5, 5.41) is 16.4. The molecule has 5 heterocycles. The maximum Gasteiger partial charge on any atom is 0.147 e. The van der Waals surface area contributed by atoms with Gasteiger partial charge in [-0.2, -0.15) is 0 Å². The molecular weight excluding hydrogens is 617 g/mol. The van der Waals surface area contributed by atoms with Gasteiger partial charge in [0, 0.05) is 42.4 Å². The summed E-state index contributed by atoms with van der Waals surface area (Å²) >= 11 is 1.82. The van der Waals surface area contributed by atoms with E-state index in [1.165, 1.54) is 86.3 Å². The van der Waals surface area contributed by atoms with Crippen LogP contribution in [-0.2, 0) is 0 Å². The Morgan fingerprint density at radius 2 is 1.22 bits per heavy atom. The first-order chi connectivity index (χ1) is 24.3. The Kier molecular flexibility index (Phi) is 4.88. The lowest BCUT2D eigenvalue weighted by molar-refractivity contribution is 0.824. The van der Waals surface area contributed by atoms with Crippen molar-refractivity contribution in [2.75, 3.05) is 5.32 Å². The summed E-state index contributed by atoms with van der Waals surface area (Å²) in [5.74, 6) is 0.983. The molecule has 4 aromatic heterocycles. The van der Waals surface area contributed by atoms with Crippen LogP contribution < -0.4 is 5.32 Å². The van der Waals surface area contributed by atoms with Crippen molar-refractivity contribution in [2.24, 2.45) is 4.99 Å². The Morgan fingerprint density at radius 1 is 0.531 bits per heavy atom. The summed E-state index contributed by atoms with van der Waals surface area (Å²) in [6.07, 6.45) is -0.216. The predicted octanol–water partition coefficient (Wildman–Crippen LogP) is 11.7. The Labute approximate surface area is 284 Å². The summed E-state index contributed by atoms with van der Waals surface area (Å²) in [7, 11) is 0. The van der Waals surface area contributed by atoms with E-state index >= 15 is 0 Å². The van der Waals surface area contributed by atoms with Gasteiger partial charge in [-0.25, -0.2) is 4.99 Å². The molecule has 5 heteroatoms. The highest BCUT2D eigenvalue weighted by molar-refractivity contribution is 7.23. The number of nitrogens with one attached hydrogen (secondary N) is 1. The van der Waals surface area contributed by atoms with Gasteiger partial charge in [0.1, 0.15) is 17.0 Å². The van der Waals surface area contributed by atoms with Gasteiger partial charge in [-0.1, -0.05) is 115 Å². The lowest BCUT2D eigenvalue weighted by Gasteiger charge is -2.25. The first-order valence-electron chi connectivity index (χ1n) is 16.8. The van der Waals surface area contributed by atoms with Crippen molar-refractivity contribution in [3.8, 4) is 0 Å². The number of hydrogen-bond acceptors (Lipinski definition) is 3. The van der Waals surface area contributed by atoms with E-state index in [0.29, 0.717) is 0 Å². The molecule has 1 N–H and O–H groups in total. The van der Waals surface area contributed by atoms with Crippen LogP contribution in [0.15, 0.2) is 151 Å². The molecule has 49 heavy (non-hydrogen) atoms. The fraction of sp³-hybridized carbons (Fsp3) is 0.0227. The van der Waals surface area contributed by atoms with E-state index in [4.69, 9.17) is 4.99 Å². The molecule has 0 saturated carbocycles. The van der Waals surface area contributed by atoms with Gasteiger partial charge >= 0.3 is 0 Å². The van der Waals surface area contributed by atoms with Gasteiger partial charge in [0.2, 0.25) is 0 Å². The smallest absolute Gasteiger partial charge is 0.147 e. The molecule has 228 valence electrons. The fourth-order valence-electron chi connectivity index (χ4n) is 8.68. The normalized spacial score (nSPS) is 15.0. The number of aliphatic imine (C=N–C) groups is 1. The highest BCUT2D eigenvalue weighted by Crippen LogP contribution is 2.49. The maximum atomic E-state index is 5.65. The number of hydrogen-bond donors (Lipinski definition) is 1. The fourth-order valence-corrected chi connectivity index (χ4v) is 9.80. The quantitative estimate of drug-likeness (QED) is 0.190. The third-order valence-corrected chi connectivity index (χ3v) is 11.8. The Hall–Kier alpha value is -6.17. The second-order valence-corrected chi connectivity index (χ2v) is 14.2. The predicted molar refractivity (Wildman–Crippen MR) is 208 cm³/mol. The Bertz CT molecular complexity index is 3200. The SMILES string of the molecule is c1ccc(C2N=C(n3c4ccc5ccccc5c4c4c5c6ccccc6n6c7ccccc7c(cc43)c56)c3c(sc4ccccc34)N2)cc1. The number of benzene rings is 7. The van der Waals surface area contributed by atoms with Crippen molar-refractivity contribution in [1.82, 2.24) is 8.97 Å². The van der Waals surface area contributed by atoms with Crippen LogP contribution in [0, 0.1) is 0 Å². The average Bonchev–Trinajstić information content (AvgIpc) is 3.90. The molecule has 1 unspecified atom stereocenters. The molecule has 1 atom stereocenters. The second-order valence-electron chi connectivity index (χ2n) is 13.1. The van der Waals surface area contributed by atoms with Crippen molar-refractivity contribution in [1.29, 1.82) is 0 Å². The van der Waals surface area contributed by atoms with Crippen molar-refractivity contribution < 1.29 is 0 Å². The molecule has 1 aliphatic rings. The molecular formula is C44H26N4S. The number of para-hydroxylation sites is 2. The molecule has 0 radical (unpaired) electrons. The summed E-state index contributed by atoms with van der Waals surface area (Å²) in [6, 6.07) is 53.0. The number of anilines is 1. The maximum absolute atomic E-state index is 5.65. The van der Waals surface area contributed by atoms with Crippen LogP contribution >= 0.6 is 11.3 Å². The lowest BCUT2D eigenvalue weighted by atomic mass is 9.99.